The maximum absolute atomic E-state index is 13.1. The number of oxime groups is 1. The minimum Gasteiger partial charge on any atom is -0.731 e. The van der Waals surface area contributed by atoms with Crippen LogP contribution >= 0.6 is 22.9 Å². The molecule has 2 aromatic rings. The molecule has 1 aliphatic rings. The van der Waals surface area contributed by atoms with Crippen LogP contribution in [0.25, 0.3) is 0 Å². The first-order valence-electron chi connectivity index (χ1n) is 11.3. The average molecular weight is 685 g/mol. The van der Waals surface area contributed by atoms with Crippen molar-refractivity contribution < 1.29 is 85.7 Å². The molecule has 1 saturated heterocycles. The number of hydrogen-bond donors (Lipinski definition) is 2. The Kier molecular flexibility index (Phi) is 13.1. The van der Waals surface area contributed by atoms with E-state index in [-0.39, 0.29) is 57.0 Å². The van der Waals surface area contributed by atoms with Crippen molar-refractivity contribution in [2.45, 2.75) is 18.7 Å². The summed E-state index contributed by atoms with van der Waals surface area (Å²) in [6.45, 7) is -1.15. The number of nitro groups is 1. The molecule has 1 aliphatic heterocycles. The Balaban J connectivity index is 0.00000675. The Labute approximate surface area is 278 Å². The first-order valence-corrected chi connectivity index (χ1v) is 14.1. The van der Waals surface area contributed by atoms with Gasteiger partial charge in [-0.3, -0.25) is 24.5 Å². The number of nitrogens with one attached hydrogen (secondary N) is 2. The molecule has 1 aromatic heterocycles. The van der Waals surface area contributed by atoms with Crippen molar-refractivity contribution in [1.82, 2.24) is 14.6 Å². The molecule has 0 bridgehead atoms. The summed E-state index contributed by atoms with van der Waals surface area (Å²) in [5.74, 6) is -6.07. The first kappa shape index (κ1) is 36.5. The second kappa shape index (κ2) is 15.8. The fraction of sp³-hybridized carbons (Fsp3) is 0.286. The predicted molar refractivity (Wildman–Crippen MR) is 141 cm³/mol. The molecule has 1 aromatic carbocycles. The van der Waals surface area contributed by atoms with Gasteiger partial charge < -0.3 is 29.5 Å². The van der Waals surface area contributed by atoms with Crippen LogP contribution < -0.4 is 40.2 Å². The smallest absolute Gasteiger partial charge is 0.731 e. The van der Waals surface area contributed by atoms with Gasteiger partial charge in [0.1, 0.15) is 24.2 Å². The number of anilines is 1. The van der Waals surface area contributed by atoms with Crippen LogP contribution in [0.15, 0.2) is 34.8 Å². The van der Waals surface area contributed by atoms with Gasteiger partial charge in [-0.15, -0.1) is 22.9 Å². The van der Waals surface area contributed by atoms with Crippen molar-refractivity contribution in [3.63, 3.8) is 0 Å². The van der Waals surface area contributed by atoms with Gasteiger partial charge in [0.05, 0.1) is 12.0 Å². The molecule has 3 amide bonds. The summed E-state index contributed by atoms with van der Waals surface area (Å²) >= 11 is 6.26. The van der Waals surface area contributed by atoms with Gasteiger partial charge in [0.25, 0.3) is 17.5 Å². The van der Waals surface area contributed by atoms with E-state index in [9.17, 15) is 47.1 Å². The molecule has 44 heavy (non-hydrogen) atoms. The second-order valence-electron chi connectivity index (χ2n) is 8.03. The van der Waals surface area contributed by atoms with Crippen LogP contribution in [0, 0.1) is 10.1 Å². The molecular weight excluding hydrogens is 667 g/mol. The number of methoxy groups -OCH3 is 1. The van der Waals surface area contributed by atoms with Crippen LogP contribution in [0.4, 0.5) is 10.8 Å². The van der Waals surface area contributed by atoms with Gasteiger partial charge in [-0.25, -0.2) is 27.3 Å². The first-order chi connectivity index (χ1) is 20.3. The number of thiazole rings is 1. The van der Waals surface area contributed by atoms with Crippen molar-refractivity contribution in [2.75, 3.05) is 24.9 Å². The number of nitro benzene ring substituents is 1. The number of carbonyl (C=O) groups is 5. The Hall–Kier alpha value is -3.73. The summed E-state index contributed by atoms with van der Waals surface area (Å²) in [7, 11) is -4.59. The van der Waals surface area contributed by atoms with Gasteiger partial charge in [0.2, 0.25) is 12.5 Å². The van der Waals surface area contributed by atoms with Gasteiger partial charge in [0, 0.05) is 17.5 Å². The number of carbonyl (C=O) groups excluding carboxylic acids is 5. The number of alkyl halides is 1. The minimum atomic E-state index is -5.44. The zero-order chi connectivity index (χ0) is 31.9. The van der Waals surface area contributed by atoms with E-state index in [1.54, 1.807) is 0 Å². The standard InChI is InChI=1S/C21H19ClN6O13S2.Na/c1-39-20(33)17-16(19(32)27(17)43(36,37)38)25-18(31)15(12-9-42-21(23-12)24-13(29)6-22)26-41-8-14(30)40-7-10-2-4-11(5-3-10)28(34)35;/h2-5,9,16-17H,6-8H2,1H3,(H,25,31)(H,23,24,29)(H,36,37,38);/q;+1/p-1/b26-15-;/t16-,17-;/m1./s1. The van der Waals surface area contributed by atoms with Crippen molar-refractivity contribution in [3.8, 4) is 0 Å². The third-order valence-electron chi connectivity index (χ3n) is 5.24. The van der Waals surface area contributed by atoms with E-state index in [4.69, 9.17) is 21.2 Å². The van der Waals surface area contributed by atoms with Gasteiger partial charge in [-0.2, -0.15) is 0 Å². The molecule has 1 fully saturated rings. The number of β-lactam (4-membered cyclic amide) rings is 1. The molecule has 0 radical (unpaired) electrons. The summed E-state index contributed by atoms with van der Waals surface area (Å²) in [5.41, 5.74) is -0.724. The molecule has 19 nitrogen and oxygen atoms in total. The molecule has 2 atom stereocenters. The van der Waals surface area contributed by atoms with Crippen molar-refractivity contribution >= 4 is 79.4 Å². The Morgan fingerprint density at radius 3 is 2.45 bits per heavy atom. The molecular formula is C21H18ClN6NaO13S2. The maximum atomic E-state index is 13.1. The van der Waals surface area contributed by atoms with Crippen LogP contribution in [-0.2, 0) is 55.2 Å². The summed E-state index contributed by atoms with van der Waals surface area (Å²) < 4.78 is 43.3. The van der Waals surface area contributed by atoms with Crippen LogP contribution in [0.5, 0.6) is 0 Å². The number of benzene rings is 1. The molecule has 2 N–H and O–H groups in total. The van der Waals surface area contributed by atoms with Crippen LogP contribution in [0.1, 0.15) is 11.3 Å². The normalized spacial score (nSPS) is 16.1. The van der Waals surface area contributed by atoms with Gasteiger partial charge in [-0.05, 0) is 17.7 Å². The quantitative estimate of drug-likeness (QED) is 0.0298. The minimum absolute atomic E-state index is 0. The molecule has 0 spiro atoms. The van der Waals surface area contributed by atoms with E-state index >= 15 is 0 Å². The van der Waals surface area contributed by atoms with Gasteiger partial charge >= 0.3 is 41.5 Å². The van der Waals surface area contributed by atoms with Crippen molar-refractivity contribution in [3.05, 3.63) is 51.0 Å². The molecule has 2 heterocycles. The van der Waals surface area contributed by atoms with Crippen LogP contribution in [0.2, 0.25) is 0 Å². The second-order valence-corrected chi connectivity index (χ2v) is 10.4. The number of rotatable bonds is 13. The Morgan fingerprint density at radius 1 is 1.23 bits per heavy atom. The van der Waals surface area contributed by atoms with Gasteiger partial charge in [-0.1, -0.05) is 5.16 Å². The number of nitrogens with zero attached hydrogens (tertiary/aromatic N) is 4. The number of non-ortho nitro benzene ring substituents is 1. The van der Waals surface area contributed by atoms with Crippen LogP contribution in [0.3, 0.4) is 0 Å². The molecule has 0 aliphatic carbocycles. The Bertz CT molecular complexity index is 1580. The van der Waals surface area contributed by atoms with Gasteiger partial charge in [0.15, 0.2) is 27.2 Å². The predicted octanol–water partition coefficient (Wildman–Crippen LogP) is -3.97. The Morgan fingerprint density at radius 2 is 1.89 bits per heavy atom. The number of aromatic nitrogens is 1. The van der Waals surface area contributed by atoms with E-state index in [0.717, 1.165) is 18.4 Å². The van der Waals surface area contributed by atoms with Crippen molar-refractivity contribution in [2.24, 2.45) is 5.16 Å². The fourth-order valence-electron chi connectivity index (χ4n) is 3.28. The zero-order valence-electron chi connectivity index (χ0n) is 22.5. The summed E-state index contributed by atoms with van der Waals surface area (Å²) in [5, 5.41) is 19.8. The average Bonchev–Trinajstić information content (AvgIpc) is 3.42. The third kappa shape index (κ3) is 9.14. The molecule has 230 valence electrons. The number of esters is 2. The SMILES string of the molecule is COC(=O)[C@H]1[C@@H](NC(=O)/C(=N\OCC(=O)OCc2ccc([N+](=O)[O-])cc2)c2csc(NC(=O)CCl)n2)C(=O)N1S(=O)(=O)[O-].[Na+]. The van der Waals surface area contributed by atoms with E-state index in [2.05, 4.69) is 20.2 Å². The largest absolute Gasteiger partial charge is 1.00 e. The molecule has 0 saturated carbocycles. The maximum Gasteiger partial charge on any atom is 1.00 e. The topological polar surface area (TPSA) is 266 Å². The molecule has 3 rings (SSSR count). The zero-order valence-corrected chi connectivity index (χ0v) is 26.8. The van der Waals surface area contributed by atoms with E-state index in [1.165, 1.54) is 29.6 Å². The summed E-state index contributed by atoms with van der Waals surface area (Å²) in [6, 6.07) is 1.24. The molecule has 0 unspecified atom stereocenters. The van der Waals surface area contributed by atoms with E-state index in [1.807, 2.05) is 5.32 Å². The summed E-state index contributed by atoms with van der Waals surface area (Å²) in [6.07, 6.45) is 0. The summed E-state index contributed by atoms with van der Waals surface area (Å²) in [4.78, 5) is 80.1. The number of hydrogen-bond acceptors (Lipinski definition) is 16. The molecule has 23 heteroatoms. The van der Waals surface area contributed by atoms with Crippen molar-refractivity contribution in [1.29, 1.82) is 0 Å². The number of amides is 3. The van der Waals surface area contributed by atoms with E-state index in [0.29, 0.717) is 5.56 Å². The third-order valence-corrected chi connectivity index (χ3v) is 7.13. The van der Waals surface area contributed by atoms with E-state index < -0.39 is 75.2 Å². The fourth-order valence-corrected chi connectivity index (χ4v) is 4.88. The van der Waals surface area contributed by atoms with Crippen LogP contribution in [-0.4, -0.2) is 94.2 Å². The number of halogens is 1. The monoisotopic (exact) mass is 684 g/mol. The number of ether oxygens (including phenoxy) is 2.